The topological polar surface area (TPSA) is 20.2 Å². The van der Waals surface area contributed by atoms with Gasteiger partial charge in [-0.3, -0.25) is 0 Å². The molecule has 0 fully saturated rings. The van der Waals surface area contributed by atoms with E-state index in [9.17, 15) is 5.11 Å². The van der Waals surface area contributed by atoms with Crippen molar-refractivity contribution in [1.29, 1.82) is 0 Å². The van der Waals surface area contributed by atoms with Gasteiger partial charge < -0.3 is 5.11 Å². The van der Waals surface area contributed by atoms with Gasteiger partial charge in [-0.1, -0.05) is 71.4 Å². The molecular formula is C20H34O. The summed E-state index contributed by atoms with van der Waals surface area (Å²) in [7, 11) is 0. The zero-order chi connectivity index (χ0) is 15.5. The van der Waals surface area contributed by atoms with E-state index in [0.29, 0.717) is 5.75 Å². The van der Waals surface area contributed by atoms with Crippen LogP contribution in [-0.2, 0) is 19.3 Å². The van der Waals surface area contributed by atoms with E-state index in [2.05, 4.69) is 32.9 Å². The molecule has 0 heterocycles. The zero-order valence-electron chi connectivity index (χ0n) is 14.4. The molecule has 0 aromatic heterocycles. The Kier molecular flexibility index (Phi) is 9.21. The highest BCUT2D eigenvalue weighted by Gasteiger charge is 2.09. The molecule has 1 N–H and O–H groups in total. The lowest BCUT2D eigenvalue weighted by Crippen LogP contribution is -1.96. The minimum absolute atomic E-state index is 0.569. The van der Waals surface area contributed by atoms with E-state index >= 15 is 0 Å². The standard InChI is InChI=1S/C20H34O/c1-4-7-9-10-11-13-17-15-18(12-6-3)20(21)19(16-17)14-8-5-2/h15-16,21H,4-14H2,1-3H3. The van der Waals surface area contributed by atoms with E-state index in [4.69, 9.17) is 0 Å². The van der Waals surface area contributed by atoms with Crippen LogP contribution in [0.2, 0.25) is 0 Å². The van der Waals surface area contributed by atoms with Gasteiger partial charge in [0.05, 0.1) is 0 Å². The molecule has 0 aliphatic heterocycles. The average Bonchev–Trinajstić information content (AvgIpc) is 2.48. The minimum Gasteiger partial charge on any atom is -0.507 e. The first-order valence-electron chi connectivity index (χ1n) is 9.06. The van der Waals surface area contributed by atoms with Crippen molar-refractivity contribution in [2.24, 2.45) is 0 Å². The highest BCUT2D eigenvalue weighted by atomic mass is 16.3. The number of rotatable bonds is 11. The van der Waals surface area contributed by atoms with Crippen molar-refractivity contribution in [3.63, 3.8) is 0 Å². The molecule has 120 valence electrons. The molecule has 0 aliphatic carbocycles. The van der Waals surface area contributed by atoms with Gasteiger partial charge in [-0.2, -0.15) is 0 Å². The van der Waals surface area contributed by atoms with Crippen LogP contribution in [-0.4, -0.2) is 5.11 Å². The van der Waals surface area contributed by atoms with Gasteiger partial charge in [0.25, 0.3) is 0 Å². The number of aryl methyl sites for hydroxylation is 3. The molecule has 0 aliphatic rings. The molecule has 1 nitrogen and oxygen atoms in total. The molecule has 0 saturated heterocycles. The number of aromatic hydroxyl groups is 1. The van der Waals surface area contributed by atoms with Crippen molar-refractivity contribution in [1.82, 2.24) is 0 Å². The van der Waals surface area contributed by atoms with Gasteiger partial charge >= 0.3 is 0 Å². The lowest BCUT2D eigenvalue weighted by Gasteiger charge is -2.13. The van der Waals surface area contributed by atoms with Crippen LogP contribution in [0, 0.1) is 0 Å². The molecule has 0 atom stereocenters. The number of hydrogen-bond acceptors (Lipinski definition) is 1. The van der Waals surface area contributed by atoms with Crippen LogP contribution in [0.4, 0.5) is 0 Å². The number of benzene rings is 1. The summed E-state index contributed by atoms with van der Waals surface area (Å²) in [6.45, 7) is 6.65. The van der Waals surface area contributed by atoms with Crippen LogP contribution in [0.25, 0.3) is 0 Å². The Morgan fingerprint density at radius 1 is 0.667 bits per heavy atom. The molecule has 0 spiro atoms. The van der Waals surface area contributed by atoms with Crippen LogP contribution < -0.4 is 0 Å². The largest absolute Gasteiger partial charge is 0.507 e. The normalized spacial score (nSPS) is 11.0. The van der Waals surface area contributed by atoms with E-state index in [1.807, 2.05) is 0 Å². The van der Waals surface area contributed by atoms with Gasteiger partial charge in [-0.15, -0.1) is 0 Å². The van der Waals surface area contributed by atoms with Gasteiger partial charge in [0.2, 0.25) is 0 Å². The zero-order valence-corrected chi connectivity index (χ0v) is 14.4. The second-order valence-corrected chi connectivity index (χ2v) is 6.28. The smallest absolute Gasteiger partial charge is 0.121 e. The SMILES string of the molecule is CCCCCCCc1cc(CCC)c(O)c(CCCC)c1. The molecular weight excluding hydrogens is 256 g/mol. The third-order valence-electron chi connectivity index (χ3n) is 4.22. The molecule has 1 aromatic rings. The second-order valence-electron chi connectivity index (χ2n) is 6.28. The first kappa shape index (κ1) is 18.1. The summed E-state index contributed by atoms with van der Waals surface area (Å²) in [5, 5.41) is 10.4. The highest BCUT2D eigenvalue weighted by molar-refractivity contribution is 5.44. The monoisotopic (exact) mass is 290 g/mol. The molecule has 0 unspecified atom stereocenters. The molecule has 1 rings (SSSR count). The van der Waals surface area contributed by atoms with Gasteiger partial charge in [0.1, 0.15) is 5.75 Å². The number of phenolic OH excluding ortho intramolecular Hbond substituents is 1. The predicted molar refractivity (Wildman–Crippen MR) is 93.2 cm³/mol. The van der Waals surface area contributed by atoms with Crippen molar-refractivity contribution >= 4 is 0 Å². The van der Waals surface area contributed by atoms with E-state index in [1.54, 1.807) is 0 Å². The Morgan fingerprint density at radius 2 is 1.29 bits per heavy atom. The second kappa shape index (κ2) is 10.7. The van der Waals surface area contributed by atoms with E-state index in [0.717, 1.165) is 24.8 Å². The third kappa shape index (κ3) is 6.54. The quantitative estimate of drug-likeness (QED) is 0.481. The van der Waals surface area contributed by atoms with Crippen molar-refractivity contribution in [2.75, 3.05) is 0 Å². The Morgan fingerprint density at radius 3 is 1.90 bits per heavy atom. The molecule has 1 aromatic carbocycles. The minimum atomic E-state index is 0.569. The highest BCUT2D eigenvalue weighted by Crippen LogP contribution is 2.28. The van der Waals surface area contributed by atoms with Crippen LogP contribution in [0.3, 0.4) is 0 Å². The van der Waals surface area contributed by atoms with Gasteiger partial charge in [-0.05, 0) is 48.8 Å². The van der Waals surface area contributed by atoms with E-state index < -0.39 is 0 Å². The fourth-order valence-corrected chi connectivity index (χ4v) is 2.93. The maximum Gasteiger partial charge on any atom is 0.121 e. The van der Waals surface area contributed by atoms with Crippen LogP contribution in [0.15, 0.2) is 12.1 Å². The number of unbranched alkanes of at least 4 members (excludes halogenated alkanes) is 5. The Balaban J connectivity index is 2.70. The fourth-order valence-electron chi connectivity index (χ4n) is 2.93. The van der Waals surface area contributed by atoms with Crippen molar-refractivity contribution in [3.8, 4) is 5.75 Å². The molecule has 0 amide bonds. The van der Waals surface area contributed by atoms with Crippen LogP contribution >= 0.6 is 0 Å². The number of hydrogen-bond donors (Lipinski definition) is 1. The summed E-state index contributed by atoms with van der Waals surface area (Å²) in [5.74, 6) is 0.569. The summed E-state index contributed by atoms with van der Waals surface area (Å²) >= 11 is 0. The number of phenols is 1. The average molecular weight is 290 g/mol. The van der Waals surface area contributed by atoms with E-state index in [1.165, 1.54) is 62.5 Å². The summed E-state index contributed by atoms with van der Waals surface area (Å²) in [4.78, 5) is 0. The van der Waals surface area contributed by atoms with Crippen molar-refractivity contribution in [2.45, 2.75) is 91.4 Å². The van der Waals surface area contributed by atoms with E-state index in [-0.39, 0.29) is 0 Å². The van der Waals surface area contributed by atoms with Gasteiger partial charge in [-0.25, -0.2) is 0 Å². The molecule has 0 bridgehead atoms. The van der Waals surface area contributed by atoms with Gasteiger partial charge in [0, 0.05) is 0 Å². The lowest BCUT2D eigenvalue weighted by atomic mass is 9.95. The molecule has 21 heavy (non-hydrogen) atoms. The summed E-state index contributed by atoms with van der Waals surface area (Å²) in [6.07, 6.45) is 13.3. The first-order chi connectivity index (χ1) is 10.2. The molecule has 0 saturated carbocycles. The third-order valence-corrected chi connectivity index (χ3v) is 4.22. The van der Waals surface area contributed by atoms with Crippen molar-refractivity contribution in [3.05, 3.63) is 28.8 Å². The van der Waals surface area contributed by atoms with Gasteiger partial charge in [0.15, 0.2) is 0 Å². The predicted octanol–water partition coefficient (Wildman–Crippen LogP) is 6.20. The Labute approximate surface area is 131 Å². The Bertz CT molecular complexity index is 395. The van der Waals surface area contributed by atoms with Crippen LogP contribution in [0.1, 0.15) is 88.8 Å². The summed E-state index contributed by atoms with van der Waals surface area (Å²) in [5.41, 5.74) is 3.76. The van der Waals surface area contributed by atoms with Crippen LogP contribution in [0.5, 0.6) is 5.75 Å². The summed E-state index contributed by atoms with van der Waals surface area (Å²) < 4.78 is 0. The lowest BCUT2D eigenvalue weighted by molar-refractivity contribution is 0.458. The first-order valence-corrected chi connectivity index (χ1v) is 9.06. The maximum absolute atomic E-state index is 10.4. The maximum atomic E-state index is 10.4. The fraction of sp³-hybridized carbons (Fsp3) is 0.700. The Hall–Kier alpha value is -0.980. The molecule has 1 heteroatoms. The molecule has 0 radical (unpaired) electrons. The summed E-state index contributed by atoms with van der Waals surface area (Å²) in [6, 6.07) is 4.50. The van der Waals surface area contributed by atoms with Crippen molar-refractivity contribution < 1.29 is 5.11 Å².